The van der Waals surface area contributed by atoms with Crippen LogP contribution < -0.4 is 5.32 Å². The molecule has 3 rings (SSSR count). The summed E-state index contributed by atoms with van der Waals surface area (Å²) in [6, 6.07) is 0.343. The molecule has 0 unspecified atom stereocenters. The molecule has 0 bridgehead atoms. The third-order valence-electron chi connectivity index (χ3n) is 6.58. The zero-order valence-corrected chi connectivity index (χ0v) is 16.9. The highest BCUT2D eigenvalue weighted by atomic mass is 16.2. The van der Waals surface area contributed by atoms with Gasteiger partial charge in [-0.25, -0.2) is 4.79 Å². The van der Waals surface area contributed by atoms with E-state index in [0.717, 1.165) is 32.5 Å². The third-order valence-corrected chi connectivity index (χ3v) is 6.58. The van der Waals surface area contributed by atoms with Crippen molar-refractivity contribution in [2.24, 2.45) is 5.92 Å². The van der Waals surface area contributed by atoms with Crippen LogP contribution in [0.2, 0.25) is 0 Å². The molecule has 1 aliphatic carbocycles. The van der Waals surface area contributed by atoms with Gasteiger partial charge in [-0.1, -0.05) is 18.9 Å². The van der Waals surface area contributed by atoms with Gasteiger partial charge in [0.1, 0.15) is 0 Å². The number of piperidine rings is 1. The highest BCUT2D eigenvalue weighted by molar-refractivity contribution is 5.83. The van der Waals surface area contributed by atoms with E-state index in [2.05, 4.69) is 28.6 Å². The molecule has 0 aromatic rings. The molecule has 0 radical (unpaired) electrons. The first-order valence-electron chi connectivity index (χ1n) is 10.8. The molecule has 2 atom stereocenters. The maximum atomic E-state index is 13.5. The Morgan fingerprint density at radius 1 is 1.04 bits per heavy atom. The third kappa shape index (κ3) is 4.84. The molecular formula is C21H36N4O2. The van der Waals surface area contributed by atoms with Gasteiger partial charge in [-0.3, -0.25) is 9.69 Å². The Balaban J connectivity index is 1.64. The second-order valence-corrected chi connectivity index (χ2v) is 8.36. The molecule has 1 saturated carbocycles. The van der Waals surface area contributed by atoms with Gasteiger partial charge in [-0.05, 0) is 44.9 Å². The molecule has 6 heteroatoms. The van der Waals surface area contributed by atoms with Crippen molar-refractivity contribution < 1.29 is 9.59 Å². The summed E-state index contributed by atoms with van der Waals surface area (Å²) in [4.78, 5) is 32.1. The molecule has 2 heterocycles. The summed E-state index contributed by atoms with van der Waals surface area (Å²) in [5.41, 5.74) is 0. The Bertz CT molecular complexity index is 524. The van der Waals surface area contributed by atoms with Crippen LogP contribution in [-0.4, -0.2) is 78.0 Å². The fourth-order valence-corrected chi connectivity index (χ4v) is 5.00. The number of nitrogens with one attached hydrogen (secondary N) is 1. The van der Waals surface area contributed by atoms with Crippen molar-refractivity contribution in [2.45, 2.75) is 64.0 Å². The largest absolute Gasteiger partial charge is 0.339 e. The number of hydrogen-bond acceptors (Lipinski definition) is 3. The second kappa shape index (κ2) is 9.58. The van der Waals surface area contributed by atoms with Crippen molar-refractivity contribution in [3.8, 4) is 0 Å². The monoisotopic (exact) mass is 376 g/mol. The lowest BCUT2D eigenvalue weighted by Crippen LogP contribution is -2.60. The summed E-state index contributed by atoms with van der Waals surface area (Å²) in [5.74, 6) is 0.825. The molecule has 3 fully saturated rings. The van der Waals surface area contributed by atoms with Crippen LogP contribution in [0.5, 0.6) is 0 Å². The van der Waals surface area contributed by atoms with E-state index < -0.39 is 0 Å². The average Bonchev–Trinajstić information content (AvgIpc) is 3.21. The van der Waals surface area contributed by atoms with Crippen molar-refractivity contribution in [2.75, 3.05) is 39.3 Å². The Morgan fingerprint density at radius 3 is 2.33 bits per heavy atom. The van der Waals surface area contributed by atoms with Gasteiger partial charge in [0.2, 0.25) is 5.91 Å². The lowest BCUT2D eigenvalue weighted by molar-refractivity contribution is -0.143. The zero-order valence-electron chi connectivity index (χ0n) is 16.9. The molecule has 27 heavy (non-hydrogen) atoms. The van der Waals surface area contributed by atoms with E-state index >= 15 is 0 Å². The first-order valence-corrected chi connectivity index (χ1v) is 10.8. The van der Waals surface area contributed by atoms with Crippen molar-refractivity contribution in [3.05, 3.63) is 12.7 Å². The lowest BCUT2D eigenvalue weighted by atomic mass is 9.92. The number of carbonyl (C=O) groups is 2. The smallest absolute Gasteiger partial charge is 0.317 e. The number of likely N-dealkylation sites (tertiary alicyclic amines) is 1. The number of carbonyl (C=O) groups excluding carboxylic acids is 2. The van der Waals surface area contributed by atoms with Crippen LogP contribution in [0.15, 0.2) is 12.7 Å². The van der Waals surface area contributed by atoms with Crippen molar-refractivity contribution in [3.63, 3.8) is 0 Å². The molecule has 152 valence electrons. The molecule has 6 nitrogen and oxygen atoms in total. The Labute approximate surface area is 163 Å². The standard InChI is InChI=1S/C21H36N4O2/c1-3-11-22-21(27)24-15-13-23(14-16-24)19(18-9-4-5-10-18)20(26)25-12-7-6-8-17(25)2/h3,17-19H,1,4-16H2,2H3,(H,22,27)/t17-,19+/m0/s1. The maximum Gasteiger partial charge on any atom is 0.317 e. The Hall–Kier alpha value is -1.56. The molecule has 0 aromatic heterocycles. The predicted molar refractivity (Wildman–Crippen MR) is 108 cm³/mol. The minimum atomic E-state index is -0.0251. The van der Waals surface area contributed by atoms with E-state index in [1.165, 1.54) is 32.1 Å². The molecule has 0 spiro atoms. The number of nitrogens with zero attached hydrogens (tertiary/aromatic N) is 3. The van der Waals surface area contributed by atoms with Crippen LogP contribution in [0.25, 0.3) is 0 Å². The van der Waals surface area contributed by atoms with Crippen molar-refractivity contribution in [1.29, 1.82) is 0 Å². The fraction of sp³-hybridized carbons (Fsp3) is 0.810. The highest BCUT2D eigenvalue weighted by Crippen LogP contribution is 2.33. The number of hydrogen-bond donors (Lipinski definition) is 1. The van der Waals surface area contributed by atoms with E-state index in [1.807, 2.05) is 4.90 Å². The average molecular weight is 377 g/mol. The summed E-state index contributed by atoms with van der Waals surface area (Å²) in [6.45, 7) is 10.2. The highest BCUT2D eigenvalue weighted by Gasteiger charge is 2.40. The summed E-state index contributed by atoms with van der Waals surface area (Å²) < 4.78 is 0. The lowest BCUT2D eigenvalue weighted by Gasteiger charge is -2.44. The number of amides is 3. The topological polar surface area (TPSA) is 55.9 Å². The molecule has 3 amide bonds. The van der Waals surface area contributed by atoms with Gasteiger partial charge in [0.15, 0.2) is 0 Å². The molecule has 2 aliphatic heterocycles. The van der Waals surface area contributed by atoms with Gasteiger partial charge in [-0.2, -0.15) is 0 Å². The van der Waals surface area contributed by atoms with E-state index in [0.29, 0.717) is 37.5 Å². The van der Waals surface area contributed by atoms with Crippen LogP contribution >= 0.6 is 0 Å². The maximum absolute atomic E-state index is 13.5. The minimum Gasteiger partial charge on any atom is -0.339 e. The molecule has 1 N–H and O–H groups in total. The molecule has 0 aromatic carbocycles. The summed E-state index contributed by atoms with van der Waals surface area (Å²) >= 11 is 0. The summed E-state index contributed by atoms with van der Waals surface area (Å²) in [6.07, 6.45) is 10.0. The molecule has 3 aliphatic rings. The first-order chi connectivity index (χ1) is 13.1. The van der Waals surface area contributed by atoms with Gasteiger partial charge in [0, 0.05) is 45.3 Å². The SMILES string of the molecule is C=CCNC(=O)N1CCN([C@@H](C(=O)N2CCCC[C@@H]2C)C2CCCC2)CC1. The summed E-state index contributed by atoms with van der Waals surface area (Å²) in [5, 5.41) is 2.86. The number of rotatable bonds is 5. The quantitative estimate of drug-likeness (QED) is 0.750. The fourth-order valence-electron chi connectivity index (χ4n) is 5.00. The van der Waals surface area contributed by atoms with Crippen LogP contribution in [0, 0.1) is 5.92 Å². The Kier molecular flexibility index (Phi) is 7.16. The van der Waals surface area contributed by atoms with E-state index in [4.69, 9.17) is 0 Å². The van der Waals surface area contributed by atoms with Gasteiger partial charge in [0.05, 0.1) is 6.04 Å². The molecule has 2 saturated heterocycles. The van der Waals surface area contributed by atoms with Crippen molar-refractivity contribution >= 4 is 11.9 Å². The van der Waals surface area contributed by atoms with E-state index in [-0.39, 0.29) is 12.1 Å². The normalized spacial score (nSPS) is 26.0. The van der Waals surface area contributed by atoms with Gasteiger partial charge in [0.25, 0.3) is 0 Å². The predicted octanol–water partition coefficient (Wildman–Crippen LogP) is 2.46. The van der Waals surface area contributed by atoms with Crippen LogP contribution in [0.3, 0.4) is 0 Å². The van der Waals surface area contributed by atoms with Gasteiger partial charge < -0.3 is 15.1 Å². The van der Waals surface area contributed by atoms with Crippen LogP contribution in [0.1, 0.15) is 51.9 Å². The van der Waals surface area contributed by atoms with Gasteiger partial charge in [-0.15, -0.1) is 6.58 Å². The Morgan fingerprint density at radius 2 is 1.70 bits per heavy atom. The number of piperazine rings is 1. The van der Waals surface area contributed by atoms with Crippen molar-refractivity contribution in [1.82, 2.24) is 20.0 Å². The van der Waals surface area contributed by atoms with Gasteiger partial charge >= 0.3 is 6.03 Å². The number of urea groups is 1. The summed E-state index contributed by atoms with van der Waals surface area (Å²) in [7, 11) is 0. The van der Waals surface area contributed by atoms with Crippen LogP contribution in [-0.2, 0) is 4.79 Å². The van der Waals surface area contributed by atoms with E-state index in [1.54, 1.807) is 6.08 Å². The second-order valence-electron chi connectivity index (χ2n) is 8.36. The zero-order chi connectivity index (χ0) is 19.2. The van der Waals surface area contributed by atoms with Crippen LogP contribution in [0.4, 0.5) is 4.79 Å². The molecular weight excluding hydrogens is 340 g/mol. The van der Waals surface area contributed by atoms with E-state index in [9.17, 15) is 9.59 Å². The minimum absolute atomic E-state index is 0.00596. The first kappa shape index (κ1) is 20.2.